The van der Waals surface area contributed by atoms with Crippen LogP contribution in [-0.4, -0.2) is 52.2 Å². The van der Waals surface area contributed by atoms with Crippen LogP contribution in [0, 0.1) is 18.7 Å². The molecule has 1 aromatic carbocycles. The van der Waals surface area contributed by atoms with Gasteiger partial charge in [-0.05, 0) is 69.0 Å². The zero-order valence-corrected chi connectivity index (χ0v) is 20.5. The molecule has 5 rings (SSSR count). The number of anilines is 1. The number of nitrogens with one attached hydrogen (secondary N) is 1. The Labute approximate surface area is 212 Å². The van der Waals surface area contributed by atoms with Crippen LogP contribution >= 0.6 is 0 Å². The Morgan fingerprint density at radius 1 is 1.22 bits per heavy atom. The SMILES string of the molecule is Cc1nc(-c2nnn(C)c2CNc2cnn(-c3ccc(F)cc3)n2)ccc1OC1CCCC(C(=O)O)C1. The summed E-state index contributed by atoms with van der Waals surface area (Å²) in [5.41, 5.74) is 3.41. The molecule has 11 nitrogen and oxygen atoms in total. The van der Waals surface area contributed by atoms with Gasteiger partial charge in [-0.25, -0.2) is 14.1 Å². The summed E-state index contributed by atoms with van der Waals surface area (Å²) in [6, 6.07) is 9.59. The molecule has 3 aromatic heterocycles. The minimum absolute atomic E-state index is 0.138. The first-order chi connectivity index (χ1) is 17.9. The van der Waals surface area contributed by atoms with Crippen molar-refractivity contribution in [3.05, 3.63) is 59.8 Å². The van der Waals surface area contributed by atoms with Crippen molar-refractivity contribution in [2.75, 3.05) is 5.32 Å². The van der Waals surface area contributed by atoms with Crippen molar-refractivity contribution in [1.82, 2.24) is 35.0 Å². The van der Waals surface area contributed by atoms with Crippen LogP contribution in [0.3, 0.4) is 0 Å². The number of benzene rings is 1. The van der Waals surface area contributed by atoms with E-state index in [1.54, 1.807) is 30.1 Å². The number of carboxylic acid groups (broad SMARTS) is 1. The summed E-state index contributed by atoms with van der Waals surface area (Å²) >= 11 is 0. The maximum atomic E-state index is 13.2. The zero-order valence-electron chi connectivity index (χ0n) is 20.5. The molecular weight excluding hydrogens is 479 g/mol. The fraction of sp³-hybridized carbons (Fsp3) is 0.360. The molecule has 2 N–H and O–H groups in total. The molecule has 0 bridgehead atoms. The maximum absolute atomic E-state index is 13.2. The van der Waals surface area contributed by atoms with Gasteiger partial charge in [0.15, 0.2) is 5.82 Å². The van der Waals surface area contributed by atoms with Crippen molar-refractivity contribution in [1.29, 1.82) is 0 Å². The quantitative estimate of drug-likeness (QED) is 0.368. The average molecular weight is 507 g/mol. The molecule has 0 radical (unpaired) electrons. The standard InChI is InChI=1S/C25H27FN8O3/c1-15-22(37-19-5-3-4-16(12-19)25(35)36)11-10-20(29-15)24-21(33(2)32-30-24)13-27-23-14-28-34(31-23)18-8-6-17(26)7-9-18/h6-11,14,16,19H,3-5,12-13H2,1-2H3,(H,27,31)(H,35,36). The first-order valence-corrected chi connectivity index (χ1v) is 12.1. The number of halogens is 1. The molecular formula is C25H27FN8O3. The van der Waals surface area contributed by atoms with E-state index in [-0.39, 0.29) is 17.8 Å². The molecule has 1 saturated carbocycles. The van der Waals surface area contributed by atoms with E-state index in [4.69, 9.17) is 9.72 Å². The number of hydrogen-bond donors (Lipinski definition) is 2. The van der Waals surface area contributed by atoms with Gasteiger partial charge >= 0.3 is 5.97 Å². The van der Waals surface area contributed by atoms with Crippen LogP contribution in [0.15, 0.2) is 42.6 Å². The highest BCUT2D eigenvalue weighted by molar-refractivity contribution is 5.70. The third-order valence-electron chi connectivity index (χ3n) is 6.48. The van der Waals surface area contributed by atoms with Gasteiger partial charge in [0.2, 0.25) is 0 Å². The van der Waals surface area contributed by atoms with E-state index in [0.29, 0.717) is 53.7 Å². The minimum Gasteiger partial charge on any atom is -0.489 e. The minimum atomic E-state index is -0.764. The van der Waals surface area contributed by atoms with Gasteiger partial charge in [-0.1, -0.05) is 5.21 Å². The molecule has 1 aliphatic carbocycles. The second kappa shape index (κ2) is 10.3. The topological polar surface area (TPSA) is 133 Å². The predicted octanol–water partition coefficient (Wildman–Crippen LogP) is 3.54. The number of nitrogens with zero attached hydrogens (tertiary/aromatic N) is 7. The van der Waals surface area contributed by atoms with Gasteiger partial charge in [0.25, 0.3) is 0 Å². The molecule has 0 aliphatic heterocycles. The lowest BCUT2D eigenvalue weighted by molar-refractivity contribution is -0.143. The van der Waals surface area contributed by atoms with E-state index in [1.807, 2.05) is 19.1 Å². The summed E-state index contributed by atoms with van der Waals surface area (Å²) in [5.74, 6) is -0.273. The Kier molecular flexibility index (Phi) is 6.80. The van der Waals surface area contributed by atoms with Crippen molar-refractivity contribution < 1.29 is 19.0 Å². The zero-order chi connectivity index (χ0) is 25.9. The van der Waals surface area contributed by atoms with Gasteiger partial charge in [-0.15, -0.1) is 15.0 Å². The van der Waals surface area contributed by atoms with Gasteiger partial charge in [0.05, 0.1) is 47.5 Å². The molecule has 1 aliphatic rings. The van der Waals surface area contributed by atoms with E-state index in [9.17, 15) is 14.3 Å². The van der Waals surface area contributed by atoms with Crippen molar-refractivity contribution in [2.45, 2.75) is 45.3 Å². The number of ether oxygens (including phenoxy) is 1. The molecule has 0 saturated heterocycles. The lowest BCUT2D eigenvalue weighted by atomic mass is 9.87. The molecule has 2 atom stereocenters. The largest absolute Gasteiger partial charge is 0.489 e. The van der Waals surface area contributed by atoms with E-state index >= 15 is 0 Å². The van der Waals surface area contributed by atoms with Crippen LogP contribution in [0.2, 0.25) is 0 Å². The highest BCUT2D eigenvalue weighted by Crippen LogP contribution is 2.30. The van der Waals surface area contributed by atoms with Crippen molar-refractivity contribution in [2.24, 2.45) is 13.0 Å². The number of aromatic nitrogens is 7. The van der Waals surface area contributed by atoms with E-state index in [1.165, 1.54) is 16.9 Å². The normalized spacial score (nSPS) is 17.5. The summed E-state index contributed by atoms with van der Waals surface area (Å²) in [7, 11) is 1.80. The summed E-state index contributed by atoms with van der Waals surface area (Å²) < 4.78 is 21.0. The van der Waals surface area contributed by atoms with Gasteiger partial charge < -0.3 is 15.2 Å². The lowest BCUT2D eigenvalue weighted by Gasteiger charge is -2.27. The van der Waals surface area contributed by atoms with Crippen LogP contribution in [0.4, 0.5) is 10.2 Å². The third kappa shape index (κ3) is 5.42. The number of carboxylic acids is 1. The van der Waals surface area contributed by atoms with Gasteiger partial charge in [-0.3, -0.25) is 4.79 Å². The third-order valence-corrected chi connectivity index (χ3v) is 6.48. The molecule has 12 heteroatoms. The van der Waals surface area contributed by atoms with Crippen LogP contribution in [0.1, 0.15) is 37.1 Å². The Morgan fingerprint density at radius 2 is 2.03 bits per heavy atom. The number of pyridine rings is 1. The molecule has 1 fully saturated rings. The Morgan fingerprint density at radius 3 is 2.78 bits per heavy atom. The lowest BCUT2D eigenvalue weighted by Crippen LogP contribution is -2.29. The van der Waals surface area contributed by atoms with Crippen LogP contribution in [0.25, 0.3) is 17.1 Å². The monoisotopic (exact) mass is 506 g/mol. The molecule has 0 spiro atoms. The highest BCUT2D eigenvalue weighted by Gasteiger charge is 2.28. The first kappa shape index (κ1) is 24.3. The number of rotatable bonds is 8. The van der Waals surface area contributed by atoms with Gasteiger partial charge in [-0.2, -0.15) is 5.10 Å². The second-order valence-electron chi connectivity index (χ2n) is 9.08. The molecule has 0 amide bonds. The highest BCUT2D eigenvalue weighted by atomic mass is 19.1. The van der Waals surface area contributed by atoms with Gasteiger partial charge in [0.1, 0.15) is 17.3 Å². The van der Waals surface area contributed by atoms with Crippen molar-refractivity contribution in [3.8, 4) is 22.8 Å². The van der Waals surface area contributed by atoms with Crippen LogP contribution in [-0.2, 0) is 18.4 Å². The number of aryl methyl sites for hydroxylation is 2. The van der Waals surface area contributed by atoms with Gasteiger partial charge in [0, 0.05) is 7.05 Å². The Hall–Kier alpha value is -4.35. The fourth-order valence-corrected chi connectivity index (χ4v) is 4.45. The van der Waals surface area contributed by atoms with E-state index in [0.717, 1.165) is 18.5 Å². The van der Waals surface area contributed by atoms with Crippen molar-refractivity contribution >= 4 is 11.8 Å². The molecule has 4 aromatic rings. The van der Waals surface area contributed by atoms with E-state index in [2.05, 4.69) is 25.8 Å². The second-order valence-corrected chi connectivity index (χ2v) is 9.08. The smallest absolute Gasteiger partial charge is 0.306 e. The Bertz CT molecular complexity index is 1400. The van der Waals surface area contributed by atoms with E-state index < -0.39 is 5.97 Å². The first-order valence-electron chi connectivity index (χ1n) is 12.1. The Balaban J connectivity index is 1.28. The predicted molar refractivity (Wildman–Crippen MR) is 132 cm³/mol. The van der Waals surface area contributed by atoms with Crippen LogP contribution in [0.5, 0.6) is 5.75 Å². The molecule has 2 unspecified atom stereocenters. The van der Waals surface area contributed by atoms with Crippen molar-refractivity contribution in [3.63, 3.8) is 0 Å². The molecule has 37 heavy (non-hydrogen) atoms. The number of aliphatic carboxylic acids is 1. The summed E-state index contributed by atoms with van der Waals surface area (Å²) in [6.45, 7) is 2.23. The molecule has 3 heterocycles. The summed E-state index contributed by atoms with van der Waals surface area (Å²) in [4.78, 5) is 17.5. The number of hydrogen-bond acceptors (Lipinski definition) is 8. The maximum Gasteiger partial charge on any atom is 0.306 e. The van der Waals surface area contributed by atoms with Crippen LogP contribution < -0.4 is 10.1 Å². The fourth-order valence-electron chi connectivity index (χ4n) is 4.45. The number of carbonyl (C=O) groups is 1. The average Bonchev–Trinajstić information content (AvgIpc) is 3.51. The summed E-state index contributed by atoms with van der Waals surface area (Å²) in [5, 5.41) is 29.6. The summed E-state index contributed by atoms with van der Waals surface area (Å²) in [6.07, 6.45) is 4.30. The molecule has 192 valence electrons.